The lowest BCUT2D eigenvalue weighted by molar-refractivity contribution is 0.360. The van der Waals surface area contributed by atoms with E-state index in [2.05, 4.69) is 5.32 Å². The van der Waals surface area contributed by atoms with E-state index in [-0.39, 0.29) is 0 Å². The van der Waals surface area contributed by atoms with Crippen molar-refractivity contribution in [2.24, 2.45) is 0 Å². The predicted octanol–water partition coefficient (Wildman–Crippen LogP) is 1.93. The molecule has 0 unspecified atom stereocenters. The van der Waals surface area contributed by atoms with Crippen LogP contribution < -0.4 is 5.32 Å². The Morgan fingerprint density at radius 2 is 1.81 bits per heavy atom. The zero-order chi connectivity index (χ0) is 14.7. The van der Waals surface area contributed by atoms with E-state index in [4.69, 9.17) is 0 Å². The maximum atomic E-state index is 12.8. The zero-order valence-electron chi connectivity index (χ0n) is 11.7. The van der Waals surface area contributed by atoms with Crippen LogP contribution in [0.25, 0.3) is 0 Å². The summed E-state index contributed by atoms with van der Waals surface area (Å²) in [4.78, 5) is 0.471. The molecule has 0 saturated carbocycles. The van der Waals surface area contributed by atoms with Gasteiger partial charge in [-0.2, -0.15) is 15.6 Å². The van der Waals surface area contributed by atoms with Gasteiger partial charge in [-0.3, -0.25) is 0 Å². The van der Waals surface area contributed by atoms with Gasteiger partial charge in [0.15, 0.2) is 0 Å². The molecule has 1 aliphatic heterocycles. The summed E-state index contributed by atoms with van der Waals surface area (Å²) in [5.41, 5.74) is 2.03. The van der Waals surface area contributed by atoms with Gasteiger partial charge in [0.2, 0.25) is 10.0 Å². The minimum atomic E-state index is -3.37. The van der Waals surface area contributed by atoms with E-state index in [1.54, 1.807) is 9.69 Å². The summed E-state index contributed by atoms with van der Waals surface area (Å²) in [6, 6.07) is 9.98. The molecule has 2 heterocycles. The Labute approximate surface area is 129 Å². The highest BCUT2D eigenvalue weighted by Crippen LogP contribution is 2.26. The number of rotatable bonds is 4. The van der Waals surface area contributed by atoms with Crippen LogP contribution in [0.2, 0.25) is 0 Å². The van der Waals surface area contributed by atoms with Crippen LogP contribution in [-0.4, -0.2) is 38.9 Å². The van der Waals surface area contributed by atoms with Crippen molar-refractivity contribution >= 4 is 21.4 Å². The van der Waals surface area contributed by atoms with Crippen molar-refractivity contribution in [1.29, 1.82) is 0 Å². The van der Waals surface area contributed by atoms with Crippen LogP contribution in [0.5, 0.6) is 0 Å². The molecule has 1 N–H and O–H groups in total. The van der Waals surface area contributed by atoms with Gasteiger partial charge in [0.1, 0.15) is 0 Å². The Balaban J connectivity index is 1.87. The van der Waals surface area contributed by atoms with E-state index in [9.17, 15) is 8.42 Å². The molecule has 2 aromatic rings. The van der Waals surface area contributed by atoms with Crippen LogP contribution in [-0.2, 0) is 16.4 Å². The van der Waals surface area contributed by atoms with Crippen molar-refractivity contribution in [1.82, 2.24) is 9.62 Å². The third kappa shape index (κ3) is 3.18. The minimum absolute atomic E-state index is 0.471. The third-order valence-electron chi connectivity index (χ3n) is 3.63. The zero-order valence-corrected chi connectivity index (χ0v) is 13.3. The summed E-state index contributed by atoms with van der Waals surface area (Å²) in [5.74, 6) is 0. The number of hydrogen-bond donors (Lipinski definition) is 1. The number of thiophene rings is 1. The van der Waals surface area contributed by atoms with Crippen molar-refractivity contribution in [3.05, 3.63) is 52.2 Å². The average Bonchev–Trinajstić information content (AvgIpc) is 2.98. The molecule has 0 atom stereocenters. The average molecular weight is 322 g/mol. The number of nitrogens with one attached hydrogen (secondary N) is 1. The number of nitrogens with zero attached hydrogens (tertiary/aromatic N) is 1. The Morgan fingerprint density at radius 3 is 2.52 bits per heavy atom. The van der Waals surface area contributed by atoms with Gasteiger partial charge >= 0.3 is 0 Å². The van der Waals surface area contributed by atoms with Crippen molar-refractivity contribution < 1.29 is 8.42 Å². The van der Waals surface area contributed by atoms with E-state index in [1.807, 2.05) is 35.7 Å². The molecule has 6 heteroatoms. The molecule has 1 aliphatic rings. The molecule has 0 radical (unpaired) electrons. The highest BCUT2D eigenvalue weighted by molar-refractivity contribution is 7.89. The van der Waals surface area contributed by atoms with Crippen molar-refractivity contribution in [2.75, 3.05) is 26.2 Å². The number of hydrogen-bond acceptors (Lipinski definition) is 4. The molecule has 21 heavy (non-hydrogen) atoms. The topological polar surface area (TPSA) is 49.4 Å². The molecule has 1 aromatic heterocycles. The maximum Gasteiger partial charge on any atom is 0.244 e. The van der Waals surface area contributed by atoms with Gasteiger partial charge in [0.25, 0.3) is 0 Å². The first-order valence-corrected chi connectivity index (χ1v) is 9.36. The summed E-state index contributed by atoms with van der Waals surface area (Å²) in [6.07, 6.45) is 0.658. The fourth-order valence-electron chi connectivity index (χ4n) is 2.51. The molecule has 4 nitrogen and oxygen atoms in total. The fraction of sp³-hybridized carbons (Fsp3) is 0.333. The van der Waals surface area contributed by atoms with Gasteiger partial charge in [-0.1, -0.05) is 30.3 Å². The SMILES string of the molecule is O=S(=O)(c1cscc1Cc1ccccc1)N1CCNCC1. The minimum Gasteiger partial charge on any atom is -0.314 e. The second-order valence-electron chi connectivity index (χ2n) is 5.08. The van der Waals surface area contributed by atoms with Crippen LogP contribution in [0.15, 0.2) is 46.0 Å². The monoisotopic (exact) mass is 322 g/mol. The fourth-order valence-corrected chi connectivity index (χ4v) is 5.36. The molecule has 112 valence electrons. The standard InChI is InChI=1S/C15H18N2O2S2/c18-21(19,17-8-6-16-7-9-17)15-12-20-11-14(15)10-13-4-2-1-3-5-13/h1-5,11-12,16H,6-10H2. The van der Waals surface area contributed by atoms with Crippen LogP contribution in [0, 0.1) is 0 Å². The largest absolute Gasteiger partial charge is 0.314 e. The van der Waals surface area contributed by atoms with Gasteiger partial charge in [0, 0.05) is 31.6 Å². The van der Waals surface area contributed by atoms with Gasteiger partial charge in [-0.05, 0) is 22.9 Å². The first-order chi connectivity index (χ1) is 10.2. The molecule has 3 rings (SSSR count). The van der Waals surface area contributed by atoms with Crippen molar-refractivity contribution in [3.8, 4) is 0 Å². The summed E-state index contributed by atoms with van der Waals surface area (Å²) >= 11 is 1.45. The lowest BCUT2D eigenvalue weighted by atomic mass is 10.1. The summed E-state index contributed by atoms with van der Waals surface area (Å²) < 4.78 is 27.1. The molecule has 0 amide bonds. The molecule has 0 aliphatic carbocycles. The highest BCUT2D eigenvalue weighted by Gasteiger charge is 2.28. The Kier molecular flexibility index (Phi) is 4.40. The van der Waals surface area contributed by atoms with Crippen molar-refractivity contribution in [2.45, 2.75) is 11.3 Å². The molecular formula is C15H18N2O2S2. The first-order valence-electron chi connectivity index (χ1n) is 6.98. The second kappa shape index (κ2) is 6.27. The van der Waals surface area contributed by atoms with Crippen LogP contribution >= 0.6 is 11.3 Å². The Morgan fingerprint density at radius 1 is 1.10 bits per heavy atom. The molecule has 0 spiro atoms. The van der Waals surface area contributed by atoms with Crippen LogP contribution in [0.4, 0.5) is 0 Å². The van der Waals surface area contributed by atoms with E-state index in [0.717, 1.165) is 24.2 Å². The van der Waals surface area contributed by atoms with Crippen molar-refractivity contribution in [3.63, 3.8) is 0 Å². The quantitative estimate of drug-likeness (QED) is 0.936. The molecule has 1 aromatic carbocycles. The predicted molar refractivity (Wildman–Crippen MR) is 85.2 cm³/mol. The maximum absolute atomic E-state index is 12.8. The van der Waals surface area contributed by atoms with Crippen LogP contribution in [0.1, 0.15) is 11.1 Å². The smallest absolute Gasteiger partial charge is 0.244 e. The first kappa shape index (κ1) is 14.7. The Hall–Kier alpha value is -1.21. The van der Waals surface area contributed by atoms with E-state index >= 15 is 0 Å². The van der Waals surface area contributed by atoms with Gasteiger partial charge in [-0.15, -0.1) is 0 Å². The third-order valence-corrected chi connectivity index (χ3v) is 6.56. The lowest BCUT2D eigenvalue weighted by Gasteiger charge is -2.26. The van der Waals surface area contributed by atoms with Gasteiger partial charge in [0.05, 0.1) is 4.90 Å². The number of piperazine rings is 1. The molecule has 1 saturated heterocycles. The Bertz CT molecular complexity index is 689. The van der Waals surface area contributed by atoms with E-state index in [1.165, 1.54) is 11.3 Å². The summed E-state index contributed by atoms with van der Waals surface area (Å²) in [7, 11) is -3.37. The number of sulfonamides is 1. The normalized spacial score (nSPS) is 17.0. The number of benzene rings is 1. The van der Waals surface area contributed by atoms with Gasteiger partial charge in [-0.25, -0.2) is 8.42 Å². The van der Waals surface area contributed by atoms with Crippen LogP contribution in [0.3, 0.4) is 0 Å². The second-order valence-corrected chi connectivity index (χ2v) is 7.73. The summed E-state index contributed by atoms with van der Waals surface area (Å²) in [6.45, 7) is 2.53. The molecular weight excluding hydrogens is 304 g/mol. The lowest BCUT2D eigenvalue weighted by Crippen LogP contribution is -2.46. The summed E-state index contributed by atoms with van der Waals surface area (Å²) in [5, 5.41) is 6.89. The van der Waals surface area contributed by atoms with Gasteiger partial charge < -0.3 is 5.32 Å². The molecule has 1 fully saturated rings. The van der Waals surface area contributed by atoms with E-state index in [0.29, 0.717) is 24.4 Å². The highest BCUT2D eigenvalue weighted by atomic mass is 32.2. The molecule has 0 bridgehead atoms. The van der Waals surface area contributed by atoms with E-state index < -0.39 is 10.0 Å².